The van der Waals surface area contributed by atoms with Gasteiger partial charge in [0.2, 0.25) is 0 Å². The highest BCUT2D eigenvalue weighted by atomic mass is 19.4. The second-order valence-electron chi connectivity index (χ2n) is 5.67. The Hall–Kier alpha value is -2.71. The Kier molecular flexibility index (Phi) is 4.80. The van der Waals surface area contributed by atoms with Gasteiger partial charge in [-0.1, -0.05) is 6.07 Å². The topological polar surface area (TPSA) is 62.6 Å². The Labute approximate surface area is 147 Å². The molecule has 140 valence electrons. The number of nitrogens with zero attached hydrogens (tertiary/aromatic N) is 2. The van der Waals surface area contributed by atoms with E-state index in [1.165, 1.54) is 6.92 Å². The summed E-state index contributed by atoms with van der Waals surface area (Å²) in [4.78, 5) is 12.3. The molecule has 0 amide bonds. The van der Waals surface area contributed by atoms with Crippen molar-refractivity contribution in [2.75, 3.05) is 13.2 Å². The average Bonchev–Trinajstić information content (AvgIpc) is 3.06. The van der Waals surface area contributed by atoms with Crippen molar-refractivity contribution >= 4 is 5.97 Å². The minimum atomic E-state index is -4.71. The van der Waals surface area contributed by atoms with Crippen molar-refractivity contribution in [3.05, 3.63) is 41.2 Å². The highest BCUT2D eigenvalue weighted by Gasteiger charge is 2.40. The van der Waals surface area contributed by atoms with Crippen LogP contribution < -0.4 is 9.47 Å². The van der Waals surface area contributed by atoms with Crippen LogP contribution in [0.4, 0.5) is 13.2 Å². The molecule has 0 N–H and O–H groups in total. The van der Waals surface area contributed by atoms with Crippen LogP contribution in [-0.2, 0) is 17.5 Å². The second-order valence-corrected chi connectivity index (χ2v) is 5.67. The molecule has 0 saturated heterocycles. The van der Waals surface area contributed by atoms with Gasteiger partial charge in [-0.05, 0) is 31.5 Å². The molecule has 1 atom stereocenters. The van der Waals surface area contributed by atoms with E-state index in [1.807, 2.05) is 0 Å². The normalized spacial score (nSPS) is 14.8. The lowest BCUT2D eigenvalue weighted by molar-refractivity contribution is -0.144. The third kappa shape index (κ3) is 3.47. The van der Waals surface area contributed by atoms with Crippen molar-refractivity contribution in [1.29, 1.82) is 0 Å². The second kappa shape index (κ2) is 6.89. The Balaban J connectivity index is 1.81. The smallest absolute Gasteiger partial charge is 0.433 e. The van der Waals surface area contributed by atoms with Crippen LogP contribution in [0.3, 0.4) is 0 Å². The van der Waals surface area contributed by atoms with Crippen molar-refractivity contribution in [2.24, 2.45) is 0 Å². The zero-order valence-corrected chi connectivity index (χ0v) is 14.2. The molecule has 3 rings (SSSR count). The van der Waals surface area contributed by atoms with E-state index in [9.17, 15) is 18.0 Å². The number of benzene rings is 1. The number of hydrogen-bond acceptors (Lipinski definition) is 5. The molecule has 1 aliphatic rings. The number of ether oxygens (including phenoxy) is 3. The molecule has 0 fully saturated rings. The third-order valence-electron chi connectivity index (χ3n) is 3.95. The summed E-state index contributed by atoms with van der Waals surface area (Å²) >= 11 is 0. The average molecular weight is 370 g/mol. The first-order valence-corrected chi connectivity index (χ1v) is 8.04. The van der Waals surface area contributed by atoms with Gasteiger partial charge in [-0.15, -0.1) is 0 Å². The van der Waals surface area contributed by atoms with Gasteiger partial charge in [0, 0.05) is 6.54 Å². The summed E-state index contributed by atoms with van der Waals surface area (Å²) in [7, 11) is 0. The molecule has 6 nitrogen and oxygen atoms in total. The number of carbonyl (C=O) groups is 1. The predicted octanol–water partition coefficient (Wildman–Crippen LogP) is 3.61. The van der Waals surface area contributed by atoms with E-state index in [-0.39, 0.29) is 6.54 Å². The highest BCUT2D eigenvalue weighted by molar-refractivity contribution is 5.90. The van der Waals surface area contributed by atoms with Gasteiger partial charge in [-0.2, -0.15) is 18.3 Å². The highest BCUT2D eigenvalue weighted by Crippen LogP contribution is 2.35. The summed E-state index contributed by atoms with van der Waals surface area (Å²) in [6.45, 7) is 3.91. The fraction of sp³-hybridized carbons (Fsp3) is 0.412. The SMILES string of the molecule is CCn1ncc(C(=O)O[C@@H](C)c2ccc3c(c2)OCCO3)c1C(F)(F)F. The molecule has 0 radical (unpaired) electrons. The number of carbonyl (C=O) groups excluding carboxylic acids is 1. The number of alkyl halides is 3. The zero-order chi connectivity index (χ0) is 18.9. The maximum atomic E-state index is 13.2. The van der Waals surface area contributed by atoms with E-state index in [0.29, 0.717) is 30.3 Å². The molecule has 1 aromatic carbocycles. The number of aromatic nitrogens is 2. The van der Waals surface area contributed by atoms with Gasteiger partial charge in [-0.3, -0.25) is 4.68 Å². The number of esters is 1. The van der Waals surface area contributed by atoms with Gasteiger partial charge >= 0.3 is 12.1 Å². The Bertz CT molecular complexity index is 817. The summed E-state index contributed by atoms with van der Waals surface area (Å²) in [5.74, 6) is -0.00653. The standard InChI is InChI=1S/C17H17F3N2O4/c1-3-22-15(17(18,19)20)12(9-21-22)16(23)26-10(2)11-4-5-13-14(8-11)25-7-6-24-13/h4-5,8-10H,3,6-7H2,1-2H3/t10-/m0/s1. The van der Waals surface area contributed by atoms with Gasteiger partial charge in [0.25, 0.3) is 0 Å². The lowest BCUT2D eigenvalue weighted by Crippen LogP contribution is -2.19. The first kappa shape index (κ1) is 18.1. The molecule has 26 heavy (non-hydrogen) atoms. The third-order valence-corrected chi connectivity index (χ3v) is 3.95. The van der Waals surface area contributed by atoms with Gasteiger partial charge in [0.05, 0.1) is 6.20 Å². The first-order valence-electron chi connectivity index (χ1n) is 8.04. The van der Waals surface area contributed by atoms with Crippen LogP contribution in [0.25, 0.3) is 0 Å². The molecule has 1 aromatic heterocycles. The first-order chi connectivity index (χ1) is 12.3. The summed E-state index contributed by atoms with van der Waals surface area (Å²) < 4.78 is 56.5. The maximum Gasteiger partial charge on any atom is 0.433 e. The molecule has 0 unspecified atom stereocenters. The number of hydrogen-bond donors (Lipinski definition) is 0. The summed E-state index contributed by atoms with van der Waals surface area (Å²) in [6.07, 6.45) is -4.60. The molecule has 2 heterocycles. The summed E-state index contributed by atoms with van der Waals surface area (Å²) in [6, 6.07) is 4.99. The summed E-state index contributed by atoms with van der Waals surface area (Å²) in [5, 5.41) is 3.62. The Morgan fingerprint density at radius 2 is 2.00 bits per heavy atom. The van der Waals surface area contributed by atoms with E-state index in [4.69, 9.17) is 14.2 Å². The van der Waals surface area contributed by atoms with Crippen LogP contribution in [0.5, 0.6) is 11.5 Å². The lowest BCUT2D eigenvalue weighted by atomic mass is 10.1. The fourth-order valence-corrected chi connectivity index (χ4v) is 2.68. The number of halogens is 3. The van der Waals surface area contributed by atoms with Crippen molar-refractivity contribution < 1.29 is 32.2 Å². The monoisotopic (exact) mass is 370 g/mol. The Morgan fingerprint density at radius 1 is 1.31 bits per heavy atom. The van der Waals surface area contributed by atoms with Crippen LogP contribution in [0.2, 0.25) is 0 Å². The van der Waals surface area contributed by atoms with E-state index in [2.05, 4.69) is 5.10 Å². The van der Waals surface area contributed by atoms with Crippen molar-refractivity contribution in [1.82, 2.24) is 9.78 Å². The zero-order valence-electron chi connectivity index (χ0n) is 14.2. The van der Waals surface area contributed by atoms with E-state index >= 15 is 0 Å². The van der Waals surface area contributed by atoms with Crippen molar-refractivity contribution in [3.8, 4) is 11.5 Å². The largest absolute Gasteiger partial charge is 0.486 e. The maximum absolute atomic E-state index is 13.2. The minimum Gasteiger partial charge on any atom is -0.486 e. The quantitative estimate of drug-likeness (QED) is 0.770. The van der Waals surface area contributed by atoms with Gasteiger partial charge in [0.15, 0.2) is 17.2 Å². The lowest BCUT2D eigenvalue weighted by Gasteiger charge is -2.20. The van der Waals surface area contributed by atoms with Crippen LogP contribution in [0.1, 0.15) is 41.6 Å². The number of rotatable bonds is 4. The van der Waals surface area contributed by atoms with Gasteiger partial charge in [-0.25, -0.2) is 4.79 Å². The molecule has 0 aliphatic carbocycles. The summed E-state index contributed by atoms with van der Waals surface area (Å²) in [5.41, 5.74) is -1.14. The van der Waals surface area contributed by atoms with Crippen molar-refractivity contribution in [2.45, 2.75) is 32.7 Å². The van der Waals surface area contributed by atoms with Crippen molar-refractivity contribution in [3.63, 3.8) is 0 Å². The van der Waals surface area contributed by atoms with E-state index in [0.717, 1.165) is 10.9 Å². The van der Waals surface area contributed by atoms with Crippen LogP contribution in [-0.4, -0.2) is 29.0 Å². The molecule has 0 saturated carbocycles. The van der Waals surface area contributed by atoms with Crippen LogP contribution in [0, 0.1) is 0 Å². The molecule has 1 aliphatic heterocycles. The van der Waals surface area contributed by atoms with E-state index < -0.39 is 29.5 Å². The number of fused-ring (bicyclic) bond motifs is 1. The van der Waals surface area contributed by atoms with Gasteiger partial charge < -0.3 is 14.2 Å². The fourth-order valence-electron chi connectivity index (χ4n) is 2.68. The molecule has 0 spiro atoms. The van der Waals surface area contributed by atoms with Crippen LogP contribution >= 0.6 is 0 Å². The number of aryl methyl sites for hydroxylation is 1. The predicted molar refractivity (Wildman–Crippen MR) is 84.2 cm³/mol. The molecule has 0 bridgehead atoms. The molecule has 9 heteroatoms. The van der Waals surface area contributed by atoms with Crippen LogP contribution in [0.15, 0.2) is 24.4 Å². The molecular formula is C17H17F3N2O4. The molecule has 2 aromatic rings. The Morgan fingerprint density at radius 3 is 2.65 bits per heavy atom. The minimum absolute atomic E-state index is 0.0140. The molecular weight excluding hydrogens is 353 g/mol. The van der Waals surface area contributed by atoms with E-state index in [1.54, 1.807) is 25.1 Å². The van der Waals surface area contributed by atoms with Gasteiger partial charge in [0.1, 0.15) is 24.9 Å².